The largest absolute Gasteiger partial charge is 0.339 e. The number of benzene rings is 1. The molecule has 1 aromatic heterocycles. The topological polar surface area (TPSA) is 76.3 Å². The first-order valence-electron chi connectivity index (χ1n) is 7.28. The number of aryl methyl sites for hydroxylation is 1. The molecule has 2 aromatic rings. The van der Waals surface area contributed by atoms with Crippen LogP contribution < -0.4 is 0 Å². The predicted molar refractivity (Wildman–Crippen MR) is 80.8 cm³/mol. The average molecular weight is 321 g/mol. The Balaban J connectivity index is 1.77. The van der Waals surface area contributed by atoms with Gasteiger partial charge in [0.1, 0.15) is 0 Å². The van der Waals surface area contributed by atoms with Crippen molar-refractivity contribution in [3.63, 3.8) is 0 Å². The van der Waals surface area contributed by atoms with Gasteiger partial charge in [-0.1, -0.05) is 30.3 Å². The van der Waals surface area contributed by atoms with Gasteiger partial charge in [-0.3, -0.25) is 0 Å². The summed E-state index contributed by atoms with van der Waals surface area (Å²) in [6.45, 7) is 4.74. The molecule has 0 atom stereocenters. The lowest BCUT2D eigenvalue weighted by atomic mass is 9.81. The fraction of sp³-hybridized carbons (Fsp3) is 0.467. The summed E-state index contributed by atoms with van der Waals surface area (Å²) >= 11 is 0. The molecule has 7 heteroatoms. The Hall–Kier alpha value is -1.73. The number of nitrogens with zero attached hydrogens (tertiary/aromatic N) is 3. The van der Waals surface area contributed by atoms with Crippen molar-refractivity contribution in [3.05, 3.63) is 42.0 Å². The van der Waals surface area contributed by atoms with E-state index in [1.165, 1.54) is 4.31 Å². The van der Waals surface area contributed by atoms with E-state index in [-0.39, 0.29) is 5.41 Å². The summed E-state index contributed by atoms with van der Waals surface area (Å²) in [4.78, 5) is 4.65. The maximum Gasteiger partial charge on any atom is 0.243 e. The Labute approximate surface area is 130 Å². The Kier molecular flexibility index (Phi) is 3.78. The molecule has 1 saturated heterocycles. The fourth-order valence-corrected chi connectivity index (χ4v) is 4.18. The van der Waals surface area contributed by atoms with Crippen molar-refractivity contribution < 1.29 is 12.9 Å². The molecule has 0 aliphatic carbocycles. The molecule has 0 radical (unpaired) electrons. The van der Waals surface area contributed by atoms with Crippen molar-refractivity contribution in [1.82, 2.24) is 14.4 Å². The highest BCUT2D eigenvalue weighted by molar-refractivity contribution is 7.89. The van der Waals surface area contributed by atoms with Crippen LogP contribution in [0.4, 0.5) is 0 Å². The molecule has 1 aliphatic rings. The molecule has 1 aromatic carbocycles. The molecule has 2 heterocycles. The standard InChI is InChI=1S/C15H19N3O3S/c1-12-16-14(21-17-12)15(2)8-10-18(11-9-15)22(19,20)13-6-4-3-5-7-13/h3-7H,8-11H2,1-2H3. The van der Waals surface area contributed by atoms with Gasteiger partial charge in [-0.15, -0.1) is 0 Å². The second-order valence-corrected chi connectivity index (χ2v) is 7.86. The third kappa shape index (κ3) is 2.66. The minimum atomic E-state index is -3.42. The van der Waals surface area contributed by atoms with Crippen LogP contribution in [0.1, 0.15) is 31.5 Å². The van der Waals surface area contributed by atoms with E-state index in [0.29, 0.717) is 42.5 Å². The van der Waals surface area contributed by atoms with E-state index in [4.69, 9.17) is 4.52 Å². The number of hydrogen-bond acceptors (Lipinski definition) is 5. The monoisotopic (exact) mass is 321 g/mol. The first-order chi connectivity index (χ1) is 10.4. The highest BCUT2D eigenvalue weighted by Gasteiger charge is 2.39. The van der Waals surface area contributed by atoms with Crippen molar-refractivity contribution in [2.24, 2.45) is 0 Å². The van der Waals surface area contributed by atoms with E-state index in [1.807, 2.05) is 13.0 Å². The summed E-state index contributed by atoms with van der Waals surface area (Å²) in [5.74, 6) is 1.21. The maximum absolute atomic E-state index is 12.6. The summed E-state index contributed by atoms with van der Waals surface area (Å²) < 4.78 is 32.0. The van der Waals surface area contributed by atoms with Crippen molar-refractivity contribution in [2.45, 2.75) is 37.0 Å². The second kappa shape index (κ2) is 5.48. The summed E-state index contributed by atoms with van der Waals surface area (Å²) in [6.07, 6.45) is 1.33. The zero-order valence-corrected chi connectivity index (χ0v) is 13.5. The lowest BCUT2D eigenvalue weighted by molar-refractivity contribution is 0.197. The van der Waals surface area contributed by atoms with Gasteiger partial charge in [-0.25, -0.2) is 8.42 Å². The third-order valence-corrected chi connectivity index (χ3v) is 6.16. The molecule has 0 saturated carbocycles. The number of sulfonamides is 1. The Morgan fingerprint density at radius 1 is 1.18 bits per heavy atom. The Morgan fingerprint density at radius 2 is 1.82 bits per heavy atom. The summed E-state index contributed by atoms with van der Waals surface area (Å²) in [6, 6.07) is 8.55. The highest BCUT2D eigenvalue weighted by atomic mass is 32.2. The van der Waals surface area contributed by atoms with Gasteiger partial charge in [-0.05, 0) is 31.9 Å². The predicted octanol–water partition coefficient (Wildman–Crippen LogP) is 2.12. The van der Waals surface area contributed by atoms with Gasteiger partial charge < -0.3 is 4.52 Å². The van der Waals surface area contributed by atoms with E-state index in [0.717, 1.165) is 0 Å². The van der Waals surface area contributed by atoms with E-state index >= 15 is 0 Å². The third-order valence-electron chi connectivity index (χ3n) is 4.25. The zero-order valence-electron chi connectivity index (χ0n) is 12.7. The normalized spacial score (nSPS) is 19.2. The molecular formula is C15H19N3O3S. The first-order valence-corrected chi connectivity index (χ1v) is 8.72. The molecule has 3 rings (SSSR count). The molecule has 0 N–H and O–H groups in total. The summed E-state index contributed by atoms with van der Waals surface area (Å²) in [5.41, 5.74) is -0.260. The zero-order chi connectivity index (χ0) is 15.8. The quantitative estimate of drug-likeness (QED) is 0.865. The van der Waals surface area contributed by atoms with Crippen LogP contribution in [0.2, 0.25) is 0 Å². The molecular weight excluding hydrogens is 302 g/mol. The van der Waals surface area contributed by atoms with Gasteiger partial charge in [0.2, 0.25) is 15.9 Å². The van der Waals surface area contributed by atoms with E-state index in [1.54, 1.807) is 31.2 Å². The molecule has 1 aliphatic heterocycles. The second-order valence-electron chi connectivity index (χ2n) is 5.92. The van der Waals surface area contributed by atoms with E-state index in [2.05, 4.69) is 10.1 Å². The first kappa shape index (κ1) is 15.2. The van der Waals surface area contributed by atoms with Crippen LogP contribution in [0.5, 0.6) is 0 Å². The fourth-order valence-electron chi connectivity index (χ4n) is 2.72. The van der Waals surface area contributed by atoms with Crippen LogP contribution in [0, 0.1) is 6.92 Å². The van der Waals surface area contributed by atoms with Crippen LogP contribution in [-0.4, -0.2) is 36.0 Å². The molecule has 0 spiro atoms. The number of rotatable bonds is 3. The summed E-state index contributed by atoms with van der Waals surface area (Å²) in [7, 11) is -3.42. The summed E-state index contributed by atoms with van der Waals surface area (Å²) in [5, 5.41) is 3.83. The van der Waals surface area contributed by atoms with Gasteiger partial charge in [-0.2, -0.15) is 9.29 Å². The van der Waals surface area contributed by atoms with Crippen LogP contribution in [0.25, 0.3) is 0 Å². The van der Waals surface area contributed by atoms with E-state index < -0.39 is 10.0 Å². The molecule has 118 valence electrons. The van der Waals surface area contributed by atoms with Gasteiger partial charge in [0.25, 0.3) is 0 Å². The van der Waals surface area contributed by atoms with Gasteiger partial charge in [0, 0.05) is 18.5 Å². The van der Waals surface area contributed by atoms with Gasteiger partial charge in [0.15, 0.2) is 5.82 Å². The molecule has 0 amide bonds. The number of aromatic nitrogens is 2. The molecule has 22 heavy (non-hydrogen) atoms. The van der Waals surface area contributed by atoms with Crippen molar-refractivity contribution in [1.29, 1.82) is 0 Å². The van der Waals surface area contributed by atoms with Gasteiger partial charge >= 0.3 is 0 Å². The molecule has 0 unspecified atom stereocenters. The number of piperidine rings is 1. The lowest BCUT2D eigenvalue weighted by Crippen LogP contribution is -2.44. The minimum Gasteiger partial charge on any atom is -0.339 e. The maximum atomic E-state index is 12.6. The Morgan fingerprint density at radius 3 is 2.36 bits per heavy atom. The van der Waals surface area contributed by atoms with Crippen molar-refractivity contribution in [2.75, 3.05) is 13.1 Å². The Bertz CT molecular complexity index is 747. The van der Waals surface area contributed by atoms with Gasteiger partial charge in [0.05, 0.1) is 4.90 Å². The van der Waals surface area contributed by atoms with E-state index in [9.17, 15) is 8.42 Å². The van der Waals surface area contributed by atoms with Crippen LogP contribution in [-0.2, 0) is 15.4 Å². The molecule has 0 bridgehead atoms. The van der Waals surface area contributed by atoms with Crippen LogP contribution >= 0.6 is 0 Å². The smallest absolute Gasteiger partial charge is 0.243 e. The van der Waals surface area contributed by atoms with Crippen LogP contribution in [0.15, 0.2) is 39.8 Å². The molecule has 1 fully saturated rings. The average Bonchev–Trinajstić information content (AvgIpc) is 2.96. The lowest BCUT2D eigenvalue weighted by Gasteiger charge is -2.36. The van der Waals surface area contributed by atoms with Crippen LogP contribution in [0.3, 0.4) is 0 Å². The van der Waals surface area contributed by atoms with Crippen molar-refractivity contribution in [3.8, 4) is 0 Å². The SMILES string of the molecule is Cc1noc(C2(C)CCN(S(=O)(=O)c3ccccc3)CC2)n1. The number of hydrogen-bond donors (Lipinski definition) is 0. The van der Waals surface area contributed by atoms with Crippen molar-refractivity contribution >= 4 is 10.0 Å². The minimum absolute atomic E-state index is 0.260. The molecule has 6 nitrogen and oxygen atoms in total. The highest BCUT2D eigenvalue weighted by Crippen LogP contribution is 2.35.